The van der Waals surface area contributed by atoms with Gasteiger partial charge in [0, 0.05) is 0 Å². The van der Waals surface area contributed by atoms with Gasteiger partial charge in [-0.05, 0) is 85.8 Å². The van der Waals surface area contributed by atoms with Crippen LogP contribution >= 0.6 is 0 Å². The zero-order valence-corrected chi connectivity index (χ0v) is 18.2. The van der Waals surface area contributed by atoms with Gasteiger partial charge in [-0.2, -0.15) is 0 Å². The first kappa shape index (κ1) is 21.6. The average Bonchev–Trinajstić information content (AvgIpc) is 2.76. The number of benzene rings is 2. The Morgan fingerprint density at radius 1 is 0.862 bits per heavy atom. The van der Waals surface area contributed by atoms with E-state index in [1.54, 1.807) is 0 Å². The van der Waals surface area contributed by atoms with Gasteiger partial charge in [0.2, 0.25) is 0 Å². The lowest BCUT2D eigenvalue weighted by atomic mass is 9.77. The maximum absolute atomic E-state index is 12.4. The SMILES string of the molecule is CCCCCc1ccc(C(=O)Oc2ccc(C3CCC(CCC)CC3)cc2)cc1. The Kier molecular flexibility index (Phi) is 8.34. The van der Waals surface area contributed by atoms with Crippen molar-refractivity contribution in [3.8, 4) is 5.75 Å². The van der Waals surface area contributed by atoms with Crippen LogP contribution in [-0.4, -0.2) is 5.97 Å². The molecule has 1 fully saturated rings. The van der Waals surface area contributed by atoms with Crippen molar-refractivity contribution in [3.05, 3.63) is 65.2 Å². The number of carbonyl (C=O) groups excluding carboxylic acids is 1. The van der Waals surface area contributed by atoms with Crippen LogP contribution in [-0.2, 0) is 6.42 Å². The molecule has 2 aromatic carbocycles. The second-order valence-electron chi connectivity index (χ2n) is 8.62. The van der Waals surface area contributed by atoms with Crippen molar-refractivity contribution in [2.75, 3.05) is 0 Å². The van der Waals surface area contributed by atoms with Gasteiger partial charge in [-0.15, -0.1) is 0 Å². The van der Waals surface area contributed by atoms with Crippen LogP contribution in [0.25, 0.3) is 0 Å². The maximum atomic E-state index is 12.4. The summed E-state index contributed by atoms with van der Waals surface area (Å²) in [5.41, 5.74) is 3.28. The molecule has 3 rings (SSSR count). The van der Waals surface area contributed by atoms with Crippen LogP contribution in [0.1, 0.15) is 99.0 Å². The van der Waals surface area contributed by atoms with Crippen molar-refractivity contribution in [1.29, 1.82) is 0 Å². The predicted octanol–water partition coefficient (Wildman–Crippen LogP) is 7.71. The Labute approximate surface area is 176 Å². The fraction of sp³-hybridized carbons (Fsp3) is 0.519. The number of ether oxygens (including phenoxy) is 1. The predicted molar refractivity (Wildman–Crippen MR) is 121 cm³/mol. The molecule has 1 saturated carbocycles. The second kappa shape index (κ2) is 11.2. The van der Waals surface area contributed by atoms with Crippen molar-refractivity contribution in [1.82, 2.24) is 0 Å². The van der Waals surface area contributed by atoms with Crippen LogP contribution in [0.4, 0.5) is 0 Å². The quantitative estimate of drug-likeness (QED) is 0.248. The largest absolute Gasteiger partial charge is 0.423 e. The minimum Gasteiger partial charge on any atom is -0.423 e. The van der Waals surface area contributed by atoms with Crippen LogP contribution in [0.2, 0.25) is 0 Å². The van der Waals surface area contributed by atoms with Crippen LogP contribution in [0, 0.1) is 5.92 Å². The summed E-state index contributed by atoms with van der Waals surface area (Å²) in [7, 11) is 0. The van der Waals surface area contributed by atoms with Crippen molar-refractivity contribution in [2.45, 2.75) is 84.0 Å². The fourth-order valence-electron chi connectivity index (χ4n) is 4.55. The van der Waals surface area contributed by atoms with E-state index in [1.807, 2.05) is 36.4 Å². The summed E-state index contributed by atoms with van der Waals surface area (Å²) in [6, 6.07) is 16.0. The Morgan fingerprint density at radius 3 is 2.17 bits per heavy atom. The molecule has 1 aliphatic rings. The highest BCUT2D eigenvalue weighted by atomic mass is 16.5. The van der Waals surface area contributed by atoms with Gasteiger partial charge in [-0.1, -0.05) is 63.8 Å². The number of carbonyl (C=O) groups is 1. The molecule has 0 amide bonds. The zero-order chi connectivity index (χ0) is 20.5. The minimum atomic E-state index is -0.280. The van der Waals surface area contributed by atoms with Gasteiger partial charge in [0.1, 0.15) is 5.75 Å². The van der Waals surface area contributed by atoms with Gasteiger partial charge in [0.15, 0.2) is 0 Å². The van der Waals surface area contributed by atoms with E-state index in [-0.39, 0.29) is 5.97 Å². The lowest BCUT2D eigenvalue weighted by molar-refractivity contribution is 0.0734. The van der Waals surface area contributed by atoms with E-state index in [4.69, 9.17) is 4.74 Å². The van der Waals surface area contributed by atoms with Crippen molar-refractivity contribution in [2.24, 2.45) is 5.92 Å². The average molecular weight is 393 g/mol. The van der Waals surface area contributed by atoms with Crippen LogP contribution in [0.3, 0.4) is 0 Å². The fourth-order valence-corrected chi connectivity index (χ4v) is 4.55. The molecule has 0 spiro atoms. The molecule has 156 valence electrons. The second-order valence-corrected chi connectivity index (χ2v) is 8.62. The first-order valence-corrected chi connectivity index (χ1v) is 11.6. The molecule has 0 saturated heterocycles. The van der Waals surface area contributed by atoms with Crippen LogP contribution < -0.4 is 4.74 Å². The lowest BCUT2D eigenvalue weighted by Crippen LogP contribution is -2.13. The molecule has 0 N–H and O–H groups in total. The lowest BCUT2D eigenvalue weighted by Gasteiger charge is -2.28. The smallest absolute Gasteiger partial charge is 0.343 e. The van der Waals surface area contributed by atoms with E-state index >= 15 is 0 Å². The highest BCUT2D eigenvalue weighted by Crippen LogP contribution is 2.37. The standard InChI is InChI=1S/C27H36O2/c1-3-5-6-8-22-11-15-25(16-12-22)27(28)29-26-19-17-24(18-20-26)23-13-9-21(7-4-2)10-14-23/h11-12,15-21,23H,3-10,13-14H2,1-2H3. The minimum absolute atomic E-state index is 0.280. The Balaban J connectivity index is 1.51. The van der Waals surface area contributed by atoms with Crippen molar-refractivity contribution in [3.63, 3.8) is 0 Å². The van der Waals surface area contributed by atoms with Gasteiger partial charge in [0.05, 0.1) is 5.56 Å². The van der Waals surface area contributed by atoms with Gasteiger partial charge in [-0.3, -0.25) is 0 Å². The molecule has 0 unspecified atom stereocenters. The summed E-state index contributed by atoms with van der Waals surface area (Å²) in [4.78, 5) is 12.4. The molecule has 2 heteroatoms. The first-order valence-electron chi connectivity index (χ1n) is 11.6. The molecule has 0 aliphatic heterocycles. The molecule has 2 aromatic rings. The molecule has 2 nitrogen and oxygen atoms in total. The van der Waals surface area contributed by atoms with E-state index in [1.165, 1.54) is 68.9 Å². The molecule has 1 aliphatic carbocycles. The summed E-state index contributed by atoms with van der Waals surface area (Å²) < 4.78 is 5.59. The topological polar surface area (TPSA) is 26.3 Å². The molecule has 0 heterocycles. The molecule has 0 atom stereocenters. The third-order valence-electron chi connectivity index (χ3n) is 6.36. The zero-order valence-electron chi connectivity index (χ0n) is 18.2. The molecule has 0 aromatic heterocycles. The highest BCUT2D eigenvalue weighted by molar-refractivity contribution is 5.91. The molecule has 0 radical (unpaired) electrons. The summed E-state index contributed by atoms with van der Waals surface area (Å²) in [5, 5.41) is 0. The van der Waals surface area contributed by atoms with Gasteiger partial charge < -0.3 is 4.74 Å². The number of hydrogen-bond donors (Lipinski definition) is 0. The van der Waals surface area contributed by atoms with E-state index in [0.717, 1.165) is 12.3 Å². The van der Waals surface area contributed by atoms with E-state index in [9.17, 15) is 4.79 Å². The third kappa shape index (κ3) is 6.45. The monoisotopic (exact) mass is 392 g/mol. The van der Waals surface area contributed by atoms with Gasteiger partial charge in [-0.25, -0.2) is 4.79 Å². The van der Waals surface area contributed by atoms with E-state index in [0.29, 0.717) is 17.2 Å². The Hall–Kier alpha value is -2.09. The van der Waals surface area contributed by atoms with Gasteiger partial charge >= 0.3 is 5.97 Å². The maximum Gasteiger partial charge on any atom is 0.343 e. The normalized spacial score (nSPS) is 19.1. The van der Waals surface area contributed by atoms with Crippen LogP contribution in [0.5, 0.6) is 5.75 Å². The Bertz CT molecular complexity index is 737. The summed E-state index contributed by atoms with van der Waals surface area (Å²) >= 11 is 0. The van der Waals surface area contributed by atoms with Crippen molar-refractivity contribution >= 4 is 5.97 Å². The van der Waals surface area contributed by atoms with Crippen molar-refractivity contribution < 1.29 is 9.53 Å². The molecule has 29 heavy (non-hydrogen) atoms. The number of rotatable bonds is 9. The molecular weight excluding hydrogens is 356 g/mol. The van der Waals surface area contributed by atoms with Crippen LogP contribution in [0.15, 0.2) is 48.5 Å². The Morgan fingerprint density at radius 2 is 1.55 bits per heavy atom. The van der Waals surface area contributed by atoms with E-state index in [2.05, 4.69) is 26.0 Å². The van der Waals surface area contributed by atoms with E-state index < -0.39 is 0 Å². The number of unbranched alkanes of at least 4 members (excludes halogenated alkanes) is 2. The highest BCUT2D eigenvalue weighted by Gasteiger charge is 2.21. The summed E-state index contributed by atoms with van der Waals surface area (Å²) in [6.45, 7) is 4.50. The number of aryl methyl sites for hydroxylation is 1. The number of esters is 1. The third-order valence-corrected chi connectivity index (χ3v) is 6.36. The first-order chi connectivity index (χ1) is 14.2. The summed E-state index contributed by atoms with van der Waals surface area (Å²) in [6.07, 6.45) is 12.7. The molecular formula is C27H36O2. The summed E-state index contributed by atoms with van der Waals surface area (Å²) in [5.74, 6) is 1.94. The molecule has 0 bridgehead atoms. The number of hydrogen-bond acceptors (Lipinski definition) is 2. The van der Waals surface area contributed by atoms with Gasteiger partial charge in [0.25, 0.3) is 0 Å².